The molecule has 14 heavy (non-hydrogen) atoms. The van der Waals surface area contributed by atoms with Crippen molar-refractivity contribution in [3.05, 3.63) is 11.9 Å². The summed E-state index contributed by atoms with van der Waals surface area (Å²) in [5.74, 6) is 0.853. The van der Waals surface area contributed by atoms with E-state index in [1.165, 1.54) is 4.53 Å². The van der Waals surface area contributed by atoms with Crippen LogP contribution in [0.1, 0.15) is 20.8 Å². The maximum atomic E-state index is 5.89. The number of likely N-dealkylation sites (N-methyl/N-ethyl adjacent to an activating group) is 1. The zero-order valence-corrected chi connectivity index (χ0v) is 9.52. The van der Waals surface area contributed by atoms with E-state index < -0.39 is 0 Å². The van der Waals surface area contributed by atoms with Crippen LogP contribution in [0.25, 0.3) is 0 Å². The zero-order chi connectivity index (χ0) is 10.6. The molecule has 0 saturated carbocycles. The monoisotopic (exact) mass is 219 g/mol. The van der Waals surface area contributed by atoms with Crippen molar-refractivity contribution >= 4 is 11.8 Å². The highest BCUT2D eigenvalue weighted by Gasteiger charge is 2.17. The summed E-state index contributed by atoms with van der Waals surface area (Å²) in [4.78, 5) is 0. The van der Waals surface area contributed by atoms with Gasteiger partial charge in [0.05, 0.1) is 6.17 Å². The molecule has 5 nitrogen and oxygen atoms in total. The van der Waals surface area contributed by atoms with Crippen molar-refractivity contribution in [1.82, 2.24) is 26.1 Å². The first-order chi connectivity index (χ1) is 6.63. The van der Waals surface area contributed by atoms with Gasteiger partial charge in [0.1, 0.15) is 5.82 Å². The second kappa shape index (κ2) is 5.41. The van der Waals surface area contributed by atoms with Crippen LogP contribution in [0.4, 0.5) is 0 Å². The molecular formula is C8H18ClN5. The SMILES string of the molecule is CCNC1C=C(NC(C)C)N(Cl)NN1. The van der Waals surface area contributed by atoms with Crippen molar-refractivity contribution in [3.8, 4) is 0 Å². The van der Waals surface area contributed by atoms with Crippen LogP contribution < -0.4 is 21.6 Å². The lowest BCUT2D eigenvalue weighted by Gasteiger charge is -2.31. The van der Waals surface area contributed by atoms with Gasteiger partial charge in [0, 0.05) is 17.8 Å². The molecule has 0 aromatic carbocycles. The van der Waals surface area contributed by atoms with Gasteiger partial charge in [-0.1, -0.05) is 6.92 Å². The van der Waals surface area contributed by atoms with E-state index in [-0.39, 0.29) is 6.17 Å². The molecule has 0 amide bonds. The first-order valence-corrected chi connectivity index (χ1v) is 5.16. The number of nitrogens with one attached hydrogen (secondary N) is 4. The van der Waals surface area contributed by atoms with Crippen molar-refractivity contribution in [2.75, 3.05) is 6.54 Å². The Morgan fingerprint density at radius 1 is 1.64 bits per heavy atom. The van der Waals surface area contributed by atoms with Gasteiger partial charge in [-0.2, -0.15) is 10.1 Å². The number of nitrogens with zero attached hydrogens (tertiary/aromatic N) is 1. The minimum atomic E-state index is 0.0938. The number of halogens is 1. The second-order valence-corrected chi connectivity index (χ2v) is 3.76. The maximum Gasteiger partial charge on any atom is 0.133 e. The molecule has 1 heterocycles. The van der Waals surface area contributed by atoms with Crippen LogP contribution in [-0.4, -0.2) is 23.3 Å². The van der Waals surface area contributed by atoms with Crippen LogP contribution in [0.5, 0.6) is 0 Å². The highest BCUT2D eigenvalue weighted by molar-refractivity contribution is 6.14. The first kappa shape index (κ1) is 11.6. The molecule has 0 saturated heterocycles. The molecule has 0 aliphatic carbocycles. The number of hydrazine groups is 2. The summed E-state index contributed by atoms with van der Waals surface area (Å²) in [6, 6.07) is 0.352. The number of hydrogen-bond donors (Lipinski definition) is 4. The lowest BCUT2D eigenvalue weighted by molar-refractivity contribution is 0.246. The van der Waals surface area contributed by atoms with Crippen molar-refractivity contribution in [3.63, 3.8) is 0 Å². The largest absolute Gasteiger partial charge is 0.368 e. The summed E-state index contributed by atoms with van der Waals surface area (Å²) in [6.45, 7) is 7.08. The van der Waals surface area contributed by atoms with Gasteiger partial charge in [0.15, 0.2) is 0 Å². The third-order valence-electron chi connectivity index (χ3n) is 1.71. The Labute approximate surface area is 89.9 Å². The fraction of sp³-hybridized carbons (Fsp3) is 0.750. The van der Waals surface area contributed by atoms with Crippen molar-refractivity contribution in [2.24, 2.45) is 0 Å². The summed E-state index contributed by atoms with van der Waals surface area (Å²) in [6.07, 6.45) is 2.09. The van der Waals surface area contributed by atoms with E-state index in [9.17, 15) is 0 Å². The average Bonchev–Trinajstić information content (AvgIpc) is 2.10. The molecule has 0 aromatic heterocycles. The molecule has 0 radical (unpaired) electrons. The summed E-state index contributed by atoms with van der Waals surface area (Å²) in [7, 11) is 0. The molecule has 82 valence electrons. The average molecular weight is 220 g/mol. The number of hydrogen-bond acceptors (Lipinski definition) is 5. The van der Waals surface area contributed by atoms with Gasteiger partial charge >= 0.3 is 0 Å². The summed E-state index contributed by atoms with van der Waals surface area (Å²) < 4.78 is 1.40. The molecule has 0 aromatic rings. The molecular weight excluding hydrogens is 202 g/mol. The third kappa shape index (κ3) is 3.34. The van der Waals surface area contributed by atoms with Gasteiger partial charge in [-0.05, 0) is 26.5 Å². The minimum absolute atomic E-state index is 0.0938. The van der Waals surface area contributed by atoms with Gasteiger partial charge in [0.2, 0.25) is 0 Å². The molecule has 1 aliphatic heterocycles. The van der Waals surface area contributed by atoms with Crippen LogP contribution in [0.15, 0.2) is 11.9 Å². The second-order valence-electron chi connectivity index (χ2n) is 3.42. The van der Waals surface area contributed by atoms with E-state index in [1.54, 1.807) is 0 Å². The predicted molar refractivity (Wildman–Crippen MR) is 57.8 cm³/mol. The molecule has 6 heteroatoms. The maximum absolute atomic E-state index is 5.89. The van der Waals surface area contributed by atoms with E-state index in [0.717, 1.165) is 12.4 Å². The Kier molecular flexibility index (Phi) is 4.47. The van der Waals surface area contributed by atoms with E-state index in [1.807, 2.05) is 6.08 Å². The summed E-state index contributed by atoms with van der Waals surface area (Å²) >= 11 is 5.89. The van der Waals surface area contributed by atoms with E-state index in [0.29, 0.717) is 6.04 Å². The van der Waals surface area contributed by atoms with Gasteiger partial charge in [-0.15, -0.1) is 0 Å². The molecule has 0 fully saturated rings. The molecule has 1 rings (SSSR count). The van der Waals surface area contributed by atoms with E-state index >= 15 is 0 Å². The smallest absolute Gasteiger partial charge is 0.133 e. The van der Waals surface area contributed by atoms with Gasteiger partial charge in [-0.25, -0.2) is 5.43 Å². The van der Waals surface area contributed by atoms with Crippen LogP contribution in [-0.2, 0) is 0 Å². The molecule has 0 bridgehead atoms. The summed E-state index contributed by atoms with van der Waals surface area (Å²) in [5.41, 5.74) is 5.82. The Bertz CT molecular complexity index is 206. The van der Waals surface area contributed by atoms with Crippen LogP contribution in [0, 0.1) is 0 Å². The Balaban J connectivity index is 2.57. The first-order valence-electron chi connectivity index (χ1n) is 4.82. The van der Waals surface area contributed by atoms with Gasteiger partial charge in [-0.3, -0.25) is 5.32 Å². The third-order valence-corrected chi connectivity index (χ3v) is 1.98. The molecule has 4 N–H and O–H groups in total. The van der Waals surface area contributed by atoms with Gasteiger partial charge < -0.3 is 5.32 Å². The molecule has 1 unspecified atom stereocenters. The van der Waals surface area contributed by atoms with Crippen molar-refractivity contribution in [2.45, 2.75) is 33.0 Å². The fourth-order valence-electron chi connectivity index (χ4n) is 1.18. The zero-order valence-electron chi connectivity index (χ0n) is 8.76. The fourth-order valence-corrected chi connectivity index (χ4v) is 1.34. The van der Waals surface area contributed by atoms with E-state index in [2.05, 4.69) is 42.4 Å². The molecule has 0 spiro atoms. The van der Waals surface area contributed by atoms with E-state index in [4.69, 9.17) is 11.8 Å². The Morgan fingerprint density at radius 3 is 2.93 bits per heavy atom. The quantitative estimate of drug-likeness (QED) is 0.511. The Morgan fingerprint density at radius 2 is 2.36 bits per heavy atom. The topological polar surface area (TPSA) is 51.4 Å². The van der Waals surface area contributed by atoms with Crippen molar-refractivity contribution in [1.29, 1.82) is 0 Å². The minimum Gasteiger partial charge on any atom is -0.368 e. The highest BCUT2D eigenvalue weighted by atomic mass is 35.5. The van der Waals surface area contributed by atoms with Crippen LogP contribution in [0.2, 0.25) is 0 Å². The van der Waals surface area contributed by atoms with Crippen molar-refractivity contribution < 1.29 is 0 Å². The highest BCUT2D eigenvalue weighted by Crippen LogP contribution is 2.06. The molecule has 1 aliphatic rings. The Hall–Kier alpha value is -0.490. The van der Waals surface area contributed by atoms with Crippen LogP contribution >= 0.6 is 11.8 Å². The predicted octanol–water partition coefficient (Wildman–Crippen LogP) is 0.240. The molecule has 1 atom stereocenters. The lowest BCUT2D eigenvalue weighted by atomic mass is 10.3. The van der Waals surface area contributed by atoms with Crippen LogP contribution in [0.3, 0.4) is 0 Å². The normalized spacial score (nSPS) is 22.5. The van der Waals surface area contributed by atoms with Gasteiger partial charge in [0.25, 0.3) is 0 Å². The summed E-state index contributed by atoms with van der Waals surface area (Å²) in [5, 5.41) is 6.47. The lowest BCUT2D eigenvalue weighted by Crippen LogP contribution is -2.57. The number of rotatable bonds is 4. The standard InChI is InChI=1S/C8H18ClN5/c1-4-10-7-5-8(11-6(2)3)14(9)13-12-7/h5-7,10-13H,4H2,1-3H3.